The van der Waals surface area contributed by atoms with Gasteiger partial charge in [-0.1, -0.05) is 111 Å². The van der Waals surface area contributed by atoms with E-state index in [4.69, 9.17) is 9.47 Å². The molecular formula is C61H106N8O10. The van der Waals surface area contributed by atoms with Gasteiger partial charge in [0.25, 0.3) is 11.8 Å². The summed E-state index contributed by atoms with van der Waals surface area (Å²) >= 11 is 0. The molecule has 4 rings (SSSR count). The Morgan fingerprint density at radius 2 is 1.47 bits per heavy atom. The minimum absolute atomic E-state index is 0.0250. The van der Waals surface area contributed by atoms with Gasteiger partial charge in [-0.05, 0) is 114 Å². The van der Waals surface area contributed by atoms with E-state index in [9.17, 15) is 38.4 Å². The Kier molecular flexibility index (Phi) is 39.5. The van der Waals surface area contributed by atoms with E-state index >= 15 is 0 Å². The first kappa shape index (κ1) is 73.5. The lowest BCUT2D eigenvalue weighted by Crippen LogP contribution is -2.51. The molecule has 18 heteroatoms. The minimum atomic E-state index is -0.729. The summed E-state index contributed by atoms with van der Waals surface area (Å²) in [5, 5.41) is 10.7. The van der Waals surface area contributed by atoms with Crippen LogP contribution in [0.15, 0.2) is 48.1 Å². The molecule has 2 heterocycles. The highest BCUT2D eigenvalue weighted by Crippen LogP contribution is 2.26. The molecule has 2 aliphatic heterocycles. The summed E-state index contributed by atoms with van der Waals surface area (Å²) in [6.45, 7) is 23.5. The van der Waals surface area contributed by atoms with Crippen LogP contribution in [0.1, 0.15) is 152 Å². The molecule has 0 spiro atoms. The van der Waals surface area contributed by atoms with Crippen molar-refractivity contribution in [3.05, 3.63) is 53.6 Å². The van der Waals surface area contributed by atoms with Gasteiger partial charge in [0.1, 0.15) is 18.4 Å². The van der Waals surface area contributed by atoms with Gasteiger partial charge >= 0.3 is 0 Å². The fraction of sp³-hybridized carbons (Fsp3) is 0.705. The number of Topliss-reactive ketones (excluding diaryl/α,β-unsaturated/α-hetero) is 1. The Morgan fingerprint density at radius 1 is 0.848 bits per heavy atom. The van der Waals surface area contributed by atoms with Gasteiger partial charge in [-0.15, -0.1) is 0 Å². The Hall–Kier alpha value is -5.46. The molecule has 1 aromatic rings. The van der Waals surface area contributed by atoms with Gasteiger partial charge in [0.2, 0.25) is 30.0 Å². The molecule has 2 fully saturated rings. The van der Waals surface area contributed by atoms with Crippen LogP contribution in [0.5, 0.6) is 0 Å². The minimum Gasteiger partial charge on any atom is -0.388 e. The number of amides is 7. The smallest absolute Gasteiger partial charge is 0.254 e. The van der Waals surface area contributed by atoms with Crippen LogP contribution in [0.25, 0.3) is 0 Å². The average molecular weight is 1110 g/mol. The summed E-state index contributed by atoms with van der Waals surface area (Å²) < 4.78 is 11.2. The number of nitrogens with one attached hydrogen (secondary N) is 4. The van der Waals surface area contributed by atoms with Gasteiger partial charge in [-0.2, -0.15) is 0 Å². The lowest BCUT2D eigenvalue weighted by Gasteiger charge is -2.37. The number of hydrogen-bond acceptors (Lipinski definition) is 12. The average Bonchev–Trinajstić information content (AvgIpc) is 4.03. The lowest BCUT2D eigenvalue weighted by molar-refractivity contribution is -0.141. The maximum Gasteiger partial charge on any atom is 0.254 e. The van der Waals surface area contributed by atoms with Crippen LogP contribution in [0, 0.1) is 23.7 Å². The molecule has 1 aliphatic carbocycles. The Morgan fingerprint density at radius 3 is 1.95 bits per heavy atom. The molecule has 0 aromatic heterocycles. The maximum atomic E-state index is 13.0. The third-order valence-electron chi connectivity index (χ3n) is 14.6. The van der Waals surface area contributed by atoms with Crippen molar-refractivity contribution in [1.82, 2.24) is 35.6 Å². The number of allylic oxidation sites excluding steroid dienone is 1. The topological polar surface area (TPSA) is 216 Å². The molecule has 1 saturated heterocycles. The quantitative estimate of drug-likeness (QED) is 0.0347. The second kappa shape index (κ2) is 42.4. The molecule has 7 amide bonds. The molecule has 8 unspecified atom stereocenters. The van der Waals surface area contributed by atoms with Crippen molar-refractivity contribution < 1.29 is 47.8 Å². The summed E-state index contributed by atoms with van der Waals surface area (Å²) in [4.78, 5) is 99.5. The van der Waals surface area contributed by atoms with Gasteiger partial charge in [0.15, 0.2) is 0 Å². The summed E-state index contributed by atoms with van der Waals surface area (Å²) in [5.41, 5.74) is 3.68. The number of benzene rings is 1. The van der Waals surface area contributed by atoms with Gasteiger partial charge in [-0.3, -0.25) is 43.3 Å². The van der Waals surface area contributed by atoms with Crippen molar-refractivity contribution in [1.29, 1.82) is 0 Å². The number of carbonyl (C=O) groups is 8. The predicted octanol–water partition coefficient (Wildman–Crippen LogP) is 7.60. The number of hydrogen-bond donors (Lipinski definition) is 4. The molecule has 0 bridgehead atoms. The van der Waals surface area contributed by atoms with Crippen molar-refractivity contribution in [2.45, 2.75) is 177 Å². The Balaban J connectivity index is 0.00000108. The number of nitrogens with zero attached hydrogens (tertiary/aromatic N) is 4. The molecule has 8 atom stereocenters. The molecule has 1 aromatic carbocycles. The number of imide groups is 1. The molecule has 0 radical (unpaired) electrons. The van der Waals surface area contributed by atoms with Crippen LogP contribution < -0.4 is 21.3 Å². The highest BCUT2D eigenvalue weighted by molar-refractivity contribution is 6.14. The standard InChI is InChI=1S/C24H42N2O2.C15H19N3O4.C14H26N2O4.C5H11N.C3H8/c1-8-18(2)11-9-12-19(3)23(28-7)20(4)24(27)26(6)16-15-21-13-10-14-22(17-21)25-5;1-10(15(22)16-8-7-11-3-2-4-11)17-12(19)9-18-13(20)5-6-14(18)21;1-6-10(2)14(12(20-5)7-11(3)18)16(4)13(19)8-15-9-17;1-6-4-2-3-5-6;1-3-2/h10,13-14,17-20,23,25H,8-9,11-12,15-16H2,1-7H3;5-7,10H,2-4,8-9H2,1H3,(H,16,22)(H,17,19);9-10,12,14H,6-8H2,1-5H3,(H,15,17);2-5H2,1H3;3H2,1-2H3. The normalized spacial score (nSPS) is 16.5. The van der Waals surface area contributed by atoms with E-state index < -0.39 is 23.8 Å². The van der Waals surface area contributed by atoms with E-state index in [0.717, 1.165) is 67.3 Å². The van der Waals surface area contributed by atoms with Crippen molar-refractivity contribution in [3.63, 3.8) is 0 Å². The second-order valence-electron chi connectivity index (χ2n) is 21.5. The molecule has 450 valence electrons. The zero-order valence-corrected chi connectivity index (χ0v) is 51.5. The zero-order chi connectivity index (χ0) is 60.0. The van der Waals surface area contributed by atoms with Crippen molar-refractivity contribution in [2.24, 2.45) is 23.7 Å². The first-order chi connectivity index (χ1) is 37.5. The Labute approximate surface area is 476 Å². The van der Waals surface area contributed by atoms with Crippen LogP contribution in [0.2, 0.25) is 0 Å². The van der Waals surface area contributed by atoms with Crippen LogP contribution in [-0.4, -0.2) is 173 Å². The number of carbonyl (C=O) groups excluding carboxylic acids is 8. The van der Waals surface area contributed by atoms with Gasteiger partial charge in [0.05, 0.1) is 30.7 Å². The number of likely N-dealkylation sites (tertiary alicyclic amines) is 1. The third kappa shape index (κ3) is 30.1. The largest absolute Gasteiger partial charge is 0.388 e. The van der Waals surface area contributed by atoms with Crippen LogP contribution in [0.4, 0.5) is 5.69 Å². The number of likely N-dealkylation sites (N-methyl/N-ethyl adjacent to an activating group) is 2. The first-order valence-electron chi connectivity index (χ1n) is 29.0. The van der Waals surface area contributed by atoms with Crippen LogP contribution in [-0.2, 0) is 54.3 Å². The van der Waals surface area contributed by atoms with Gasteiger partial charge < -0.3 is 45.4 Å². The third-order valence-corrected chi connectivity index (χ3v) is 14.6. The summed E-state index contributed by atoms with van der Waals surface area (Å²) in [6, 6.07) is 7.42. The number of ether oxygens (including phenoxy) is 2. The van der Waals surface area contributed by atoms with E-state index in [2.05, 4.69) is 80.0 Å². The molecule has 79 heavy (non-hydrogen) atoms. The highest BCUT2D eigenvalue weighted by Gasteiger charge is 2.34. The molecule has 1 saturated carbocycles. The number of methoxy groups -OCH3 is 2. The van der Waals surface area contributed by atoms with Crippen LogP contribution >= 0.6 is 0 Å². The second-order valence-corrected chi connectivity index (χ2v) is 21.5. The van der Waals surface area contributed by atoms with E-state index in [0.29, 0.717) is 18.9 Å². The fourth-order valence-electron chi connectivity index (χ4n) is 9.14. The van der Waals surface area contributed by atoms with Gasteiger partial charge in [-0.25, -0.2) is 0 Å². The molecule has 18 nitrogen and oxygen atoms in total. The SMILES string of the molecule is CC(NC(=O)CN1C(=O)C=CC1=O)C(=O)NCC=C1CCC1.CCC.CCC(C)C(C(CC(C)=O)OC)N(C)C(=O)CNC=O.CCC(C)CCCC(C)C(OC)C(C)C(=O)N(C)CCc1cccc(NC)c1.CN1CCCC1. The summed E-state index contributed by atoms with van der Waals surface area (Å²) in [6.07, 6.45) is 18.6. The number of anilines is 1. The lowest BCUT2D eigenvalue weighted by atomic mass is 9.87. The highest BCUT2D eigenvalue weighted by atomic mass is 16.5. The monoisotopic (exact) mass is 1110 g/mol. The zero-order valence-electron chi connectivity index (χ0n) is 51.5. The van der Waals surface area contributed by atoms with E-state index in [1.54, 1.807) is 33.1 Å². The molecule has 4 N–H and O–H groups in total. The Bertz CT molecular complexity index is 2000. The van der Waals surface area contributed by atoms with E-state index in [-0.39, 0.29) is 73.1 Å². The van der Waals surface area contributed by atoms with Crippen molar-refractivity contribution >= 4 is 53.3 Å². The first-order valence-corrected chi connectivity index (χ1v) is 29.0. The van der Waals surface area contributed by atoms with E-state index in [1.165, 1.54) is 76.1 Å². The predicted molar refractivity (Wildman–Crippen MR) is 317 cm³/mol. The van der Waals surface area contributed by atoms with Crippen molar-refractivity contribution in [3.8, 4) is 0 Å². The van der Waals surface area contributed by atoms with Gasteiger partial charge in [0, 0.05) is 72.7 Å². The molecule has 3 aliphatic rings. The maximum absolute atomic E-state index is 13.0. The fourth-order valence-corrected chi connectivity index (χ4v) is 9.14. The van der Waals surface area contributed by atoms with E-state index in [1.807, 2.05) is 58.0 Å². The number of rotatable bonds is 29. The molecular weight excluding hydrogens is 1000 g/mol. The van der Waals surface area contributed by atoms with Crippen molar-refractivity contribution in [2.75, 3.05) is 87.0 Å². The van der Waals surface area contributed by atoms with Crippen LogP contribution in [0.3, 0.4) is 0 Å². The summed E-state index contributed by atoms with van der Waals surface area (Å²) in [7, 11) is 11.0. The number of ketones is 1. The summed E-state index contributed by atoms with van der Waals surface area (Å²) in [5.74, 6) is -0.688.